The van der Waals surface area contributed by atoms with E-state index < -0.39 is 0 Å². The zero-order valence-corrected chi connectivity index (χ0v) is 30.4. The van der Waals surface area contributed by atoms with Crippen LogP contribution in [0.25, 0.3) is 89.4 Å². The van der Waals surface area contributed by atoms with E-state index in [0.29, 0.717) is 0 Å². The molecule has 10 aromatic rings. The van der Waals surface area contributed by atoms with Gasteiger partial charge in [-0.05, 0) is 114 Å². The van der Waals surface area contributed by atoms with Gasteiger partial charge in [0.2, 0.25) is 0 Å². The lowest BCUT2D eigenvalue weighted by molar-refractivity contribution is 1.18. The number of fused-ring (bicyclic) bond motifs is 6. The van der Waals surface area contributed by atoms with Crippen molar-refractivity contribution < 1.29 is 0 Å². The van der Waals surface area contributed by atoms with Gasteiger partial charge in [-0.15, -0.1) is 0 Å². The molecule has 8 aromatic carbocycles. The van der Waals surface area contributed by atoms with Crippen LogP contribution in [0.15, 0.2) is 182 Å². The summed E-state index contributed by atoms with van der Waals surface area (Å²) in [6.07, 6.45) is 4.39. The summed E-state index contributed by atoms with van der Waals surface area (Å²) in [6.45, 7) is 4.34. The van der Waals surface area contributed by atoms with Crippen molar-refractivity contribution in [3.05, 3.63) is 204 Å². The minimum absolute atomic E-state index is 1.17. The molecule has 0 fully saturated rings. The molecule has 0 unspecified atom stereocenters. The molecule has 2 heteroatoms. The largest absolute Gasteiger partial charge is 0.309 e. The number of benzene rings is 8. The van der Waals surface area contributed by atoms with E-state index >= 15 is 0 Å². The van der Waals surface area contributed by atoms with E-state index in [9.17, 15) is 0 Å². The first kappa shape index (κ1) is 31.8. The number of nitrogens with zero attached hydrogens (tertiary/aromatic N) is 2. The Balaban J connectivity index is 0.901. The Morgan fingerprint density at radius 2 is 0.778 bits per heavy atom. The van der Waals surface area contributed by atoms with Crippen molar-refractivity contribution >= 4 is 55.8 Å². The van der Waals surface area contributed by atoms with Gasteiger partial charge in [-0.3, -0.25) is 0 Å². The van der Waals surface area contributed by atoms with Crippen LogP contribution < -0.4 is 0 Å². The number of para-hydroxylation sites is 2. The molecule has 0 amide bonds. The Bertz CT molecular complexity index is 2970. The molecule has 0 spiro atoms. The molecule has 0 saturated heterocycles. The van der Waals surface area contributed by atoms with Gasteiger partial charge >= 0.3 is 0 Å². The van der Waals surface area contributed by atoms with Crippen molar-refractivity contribution in [2.24, 2.45) is 0 Å². The maximum absolute atomic E-state index is 2.40. The number of hydrogen-bond acceptors (Lipinski definition) is 0. The molecular weight excluding hydrogens is 653 g/mol. The average molecular weight is 691 g/mol. The van der Waals surface area contributed by atoms with Gasteiger partial charge < -0.3 is 9.13 Å². The molecule has 2 heterocycles. The van der Waals surface area contributed by atoms with Crippen LogP contribution in [-0.2, 0) is 0 Å². The van der Waals surface area contributed by atoms with Gasteiger partial charge in [0, 0.05) is 32.9 Å². The predicted octanol–water partition coefficient (Wildman–Crippen LogP) is 14.0. The zero-order chi connectivity index (χ0) is 36.2. The van der Waals surface area contributed by atoms with Crippen LogP contribution in [-0.4, -0.2) is 9.13 Å². The van der Waals surface area contributed by atoms with Gasteiger partial charge in [0.15, 0.2) is 0 Å². The minimum atomic E-state index is 1.17. The van der Waals surface area contributed by atoms with Gasteiger partial charge in [0.1, 0.15) is 0 Å². The Morgan fingerprint density at radius 1 is 0.315 bits per heavy atom. The third-order valence-electron chi connectivity index (χ3n) is 10.8. The number of aromatic nitrogens is 2. The fourth-order valence-electron chi connectivity index (χ4n) is 8.13. The van der Waals surface area contributed by atoms with E-state index in [-0.39, 0.29) is 0 Å². The van der Waals surface area contributed by atoms with Gasteiger partial charge in [0.25, 0.3) is 0 Å². The number of aryl methyl sites for hydroxylation is 2. The monoisotopic (exact) mass is 690 g/mol. The van der Waals surface area contributed by atoms with Crippen LogP contribution in [0.2, 0.25) is 0 Å². The first-order chi connectivity index (χ1) is 26.6. The van der Waals surface area contributed by atoms with E-state index in [0.717, 1.165) is 0 Å². The van der Waals surface area contributed by atoms with Crippen LogP contribution in [0.1, 0.15) is 22.3 Å². The van der Waals surface area contributed by atoms with Gasteiger partial charge in [0.05, 0.1) is 22.1 Å². The number of hydrogen-bond donors (Lipinski definition) is 0. The molecule has 0 saturated carbocycles. The van der Waals surface area contributed by atoms with Crippen LogP contribution in [0, 0.1) is 13.8 Å². The summed E-state index contributed by atoms with van der Waals surface area (Å²) in [4.78, 5) is 0. The van der Waals surface area contributed by atoms with Gasteiger partial charge in [-0.2, -0.15) is 0 Å². The lowest BCUT2D eigenvalue weighted by atomic mass is 10.0. The van der Waals surface area contributed by atoms with Crippen molar-refractivity contribution in [2.75, 3.05) is 0 Å². The first-order valence-electron chi connectivity index (χ1n) is 18.7. The Kier molecular flexibility index (Phi) is 7.63. The Morgan fingerprint density at radius 3 is 1.41 bits per heavy atom. The molecule has 0 atom stereocenters. The van der Waals surface area contributed by atoms with Crippen molar-refractivity contribution in [1.29, 1.82) is 0 Å². The smallest absolute Gasteiger partial charge is 0.0541 e. The van der Waals surface area contributed by atoms with Gasteiger partial charge in [-0.1, -0.05) is 139 Å². The van der Waals surface area contributed by atoms with Crippen molar-refractivity contribution in [2.45, 2.75) is 13.8 Å². The fourth-order valence-corrected chi connectivity index (χ4v) is 8.13. The maximum atomic E-state index is 2.40. The molecule has 256 valence electrons. The van der Waals surface area contributed by atoms with Gasteiger partial charge in [-0.25, -0.2) is 0 Å². The normalized spacial score (nSPS) is 11.8. The van der Waals surface area contributed by atoms with Crippen LogP contribution in [0.5, 0.6) is 0 Å². The molecule has 0 N–H and O–H groups in total. The summed E-state index contributed by atoms with van der Waals surface area (Å²) in [5, 5.41) is 5.14. The first-order valence-corrected chi connectivity index (χ1v) is 18.7. The Hall–Kier alpha value is -6.90. The summed E-state index contributed by atoms with van der Waals surface area (Å²) in [6, 6.07) is 66.4. The highest BCUT2D eigenvalue weighted by Crippen LogP contribution is 2.36. The molecule has 54 heavy (non-hydrogen) atoms. The summed E-state index contributed by atoms with van der Waals surface area (Å²) in [7, 11) is 0. The van der Waals surface area contributed by atoms with E-state index in [4.69, 9.17) is 0 Å². The fraction of sp³-hybridized carbons (Fsp3) is 0.0385. The van der Waals surface area contributed by atoms with E-state index in [2.05, 4.69) is 217 Å². The number of rotatable bonds is 6. The lowest BCUT2D eigenvalue weighted by Gasteiger charge is -2.11. The predicted molar refractivity (Wildman–Crippen MR) is 231 cm³/mol. The zero-order valence-electron chi connectivity index (χ0n) is 30.4. The average Bonchev–Trinajstić information content (AvgIpc) is 3.72. The molecule has 0 aliphatic carbocycles. The highest BCUT2D eigenvalue weighted by Gasteiger charge is 2.15. The third-order valence-corrected chi connectivity index (χ3v) is 10.8. The van der Waals surface area contributed by atoms with E-state index in [1.54, 1.807) is 0 Å². The summed E-state index contributed by atoms with van der Waals surface area (Å²) < 4.78 is 4.76. The lowest BCUT2D eigenvalue weighted by Crippen LogP contribution is -1.94. The topological polar surface area (TPSA) is 9.86 Å². The van der Waals surface area contributed by atoms with E-state index in [1.807, 2.05) is 0 Å². The second-order valence-electron chi connectivity index (χ2n) is 14.4. The van der Waals surface area contributed by atoms with Crippen molar-refractivity contribution in [1.82, 2.24) is 9.13 Å². The highest BCUT2D eigenvalue weighted by molar-refractivity contribution is 6.11. The van der Waals surface area contributed by atoms with E-state index in [1.165, 1.54) is 99.5 Å². The summed E-state index contributed by atoms with van der Waals surface area (Å²) >= 11 is 0. The highest BCUT2D eigenvalue weighted by atomic mass is 15.0. The molecule has 0 aliphatic rings. The van der Waals surface area contributed by atoms with Crippen LogP contribution in [0.3, 0.4) is 0 Å². The SMILES string of the molecule is Cc1ccc2c(c1)c1cc(C)ccc1n2-c1cccc(-c2ccc(/C=C/c3ccc(-c4ccc5c(c4)c4ccccc4n5-c4ccccc4)cc3)cc2)c1. The molecule has 2 nitrogen and oxygen atoms in total. The quantitative estimate of drug-likeness (QED) is 0.154. The summed E-state index contributed by atoms with van der Waals surface area (Å²) in [5.41, 5.74) is 17.0. The second kappa shape index (κ2) is 12.9. The second-order valence-corrected chi connectivity index (χ2v) is 14.4. The molecular formula is C52H38N2. The maximum Gasteiger partial charge on any atom is 0.0541 e. The van der Waals surface area contributed by atoms with Crippen molar-refractivity contribution in [3.8, 4) is 33.6 Å². The molecule has 0 aliphatic heterocycles. The van der Waals surface area contributed by atoms with Crippen LogP contribution >= 0.6 is 0 Å². The molecule has 0 radical (unpaired) electrons. The van der Waals surface area contributed by atoms with Crippen molar-refractivity contribution in [3.63, 3.8) is 0 Å². The van der Waals surface area contributed by atoms with Crippen LogP contribution in [0.4, 0.5) is 0 Å². The Labute approximate surface area is 315 Å². The summed E-state index contributed by atoms with van der Waals surface area (Å²) in [5.74, 6) is 0. The molecule has 10 rings (SSSR count). The minimum Gasteiger partial charge on any atom is -0.309 e. The molecule has 2 aromatic heterocycles. The molecule has 0 bridgehead atoms. The third kappa shape index (κ3) is 5.52. The standard InChI is InChI=1S/C52H38N2/c1-35-15-28-50-46(31-35)47-32-36(2)16-29-51(47)54(50)44-12-8-9-41(33-44)39-23-19-37(20-24-39)17-18-38-21-25-40(26-22-38)42-27-30-52-48(34-42)45-13-6-7-14-49(45)53(52)43-10-4-3-5-11-43/h3-34H,1-2H3/b18-17+.